The van der Waals surface area contributed by atoms with Crippen LogP contribution in [0.3, 0.4) is 0 Å². The molecule has 0 aliphatic rings. The first-order valence-electron chi connectivity index (χ1n) is 4.84. The second kappa shape index (κ2) is 5.51. The van der Waals surface area contributed by atoms with Crippen molar-refractivity contribution in [3.8, 4) is 0 Å². The van der Waals surface area contributed by atoms with Gasteiger partial charge in [0.25, 0.3) is 0 Å². The van der Waals surface area contributed by atoms with E-state index in [1.807, 2.05) is 6.07 Å². The first kappa shape index (κ1) is 13.7. The first-order chi connectivity index (χ1) is 7.99. The van der Waals surface area contributed by atoms with E-state index in [4.69, 9.17) is 0 Å². The van der Waals surface area contributed by atoms with Crippen LogP contribution in [0.1, 0.15) is 20.1 Å². The molecule has 2 aromatic rings. The Balaban J connectivity index is 2.36. The number of benzene rings is 1. The smallest absolute Gasteiger partial charge is 0.137 e. The molecule has 0 N–H and O–H groups in total. The summed E-state index contributed by atoms with van der Waals surface area (Å²) in [4.78, 5) is 2.42. The maximum Gasteiger partial charge on any atom is 0.137 e. The number of thiophene rings is 1. The van der Waals surface area contributed by atoms with Crippen LogP contribution >= 0.6 is 59.1 Å². The van der Waals surface area contributed by atoms with Gasteiger partial charge in [0.2, 0.25) is 0 Å². The van der Waals surface area contributed by atoms with Crippen molar-refractivity contribution in [3.05, 3.63) is 54.3 Å². The van der Waals surface area contributed by atoms with Crippen molar-refractivity contribution in [2.24, 2.45) is 0 Å². The predicted octanol–water partition coefficient (Wildman–Crippen LogP) is 6.20. The Morgan fingerprint density at radius 1 is 1.18 bits per heavy atom. The molecule has 1 heterocycles. The summed E-state index contributed by atoms with van der Waals surface area (Å²) in [6.07, 6.45) is 0. The molecule has 5 heteroatoms. The van der Waals surface area contributed by atoms with E-state index in [-0.39, 0.29) is 10.6 Å². The molecule has 0 saturated heterocycles. The zero-order chi connectivity index (χ0) is 12.6. The Morgan fingerprint density at radius 3 is 2.41 bits per heavy atom. The number of halogens is 4. The molecule has 1 unspecified atom stereocenters. The summed E-state index contributed by atoms with van der Waals surface area (Å²) in [6.45, 7) is 2.06. The molecule has 0 amide bonds. The number of hydrogen-bond acceptors (Lipinski definition) is 1. The van der Waals surface area contributed by atoms with Crippen LogP contribution in [0.2, 0.25) is 0 Å². The molecule has 0 spiro atoms. The third kappa shape index (κ3) is 3.00. The average Bonchev–Trinajstić information content (AvgIpc) is 2.62. The quantitative estimate of drug-likeness (QED) is 0.485. The molecule has 1 atom stereocenters. The molecule has 0 radical (unpaired) electrons. The Kier molecular flexibility index (Phi) is 4.45. The highest BCUT2D eigenvalue weighted by atomic mass is 79.9. The maximum absolute atomic E-state index is 13.5. The van der Waals surface area contributed by atoms with Crippen LogP contribution < -0.4 is 0 Å². The van der Waals surface area contributed by atoms with Gasteiger partial charge < -0.3 is 0 Å². The normalized spacial score (nSPS) is 12.8. The van der Waals surface area contributed by atoms with Crippen molar-refractivity contribution in [1.29, 1.82) is 0 Å². The van der Waals surface area contributed by atoms with Gasteiger partial charge in [0.1, 0.15) is 5.82 Å². The minimum Gasteiger partial charge on any atom is -0.206 e. The highest BCUT2D eigenvalue weighted by molar-refractivity contribution is 9.11. The second-order valence-electron chi connectivity index (χ2n) is 3.59. The Hall–Kier alpha value is 0.290. The van der Waals surface area contributed by atoms with Gasteiger partial charge in [-0.1, -0.05) is 22.0 Å². The van der Waals surface area contributed by atoms with Crippen LogP contribution in [0.25, 0.3) is 0 Å². The van der Waals surface area contributed by atoms with Gasteiger partial charge in [-0.05, 0) is 62.5 Å². The summed E-state index contributed by atoms with van der Waals surface area (Å²) in [5, 5.41) is 0. The van der Waals surface area contributed by atoms with Crippen molar-refractivity contribution in [2.75, 3.05) is 0 Å². The van der Waals surface area contributed by atoms with Gasteiger partial charge in [0.05, 0.1) is 9.30 Å². The Morgan fingerprint density at radius 2 is 1.88 bits per heavy atom. The lowest BCUT2D eigenvalue weighted by Crippen LogP contribution is -1.91. The molecule has 0 saturated carbocycles. The molecule has 2 rings (SSSR count). The second-order valence-corrected chi connectivity index (χ2v) is 7.50. The summed E-state index contributed by atoms with van der Waals surface area (Å²) in [5.41, 5.74) is 0.916. The van der Waals surface area contributed by atoms with E-state index in [0.717, 1.165) is 14.9 Å². The van der Waals surface area contributed by atoms with Crippen molar-refractivity contribution in [3.63, 3.8) is 0 Å². The van der Waals surface area contributed by atoms with Crippen LogP contribution in [-0.4, -0.2) is 0 Å². The molecule has 1 aromatic carbocycles. The minimum atomic E-state index is -0.237. The molecule has 0 bridgehead atoms. The van der Waals surface area contributed by atoms with Crippen molar-refractivity contribution < 1.29 is 4.39 Å². The molecule has 17 heavy (non-hydrogen) atoms. The molecule has 0 aliphatic carbocycles. The van der Waals surface area contributed by atoms with Gasteiger partial charge in [-0.3, -0.25) is 0 Å². The van der Waals surface area contributed by atoms with E-state index in [2.05, 4.69) is 60.8 Å². The minimum absolute atomic E-state index is 0.0279. The number of hydrogen-bond donors (Lipinski definition) is 0. The number of alkyl halides is 1. The molecule has 0 nitrogen and oxygen atoms in total. The maximum atomic E-state index is 13.5. The lowest BCUT2D eigenvalue weighted by molar-refractivity contribution is 0.619. The Labute approximate surface area is 129 Å². The van der Waals surface area contributed by atoms with Crippen molar-refractivity contribution in [1.82, 2.24) is 0 Å². The van der Waals surface area contributed by atoms with Crippen LogP contribution in [0.4, 0.5) is 4.39 Å². The number of rotatable bonds is 2. The largest absolute Gasteiger partial charge is 0.206 e. The summed E-state index contributed by atoms with van der Waals surface area (Å²) < 4.78 is 15.1. The lowest BCUT2D eigenvalue weighted by atomic mass is 10.1. The van der Waals surface area contributed by atoms with Crippen LogP contribution in [0.5, 0.6) is 0 Å². The van der Waals surface area contributed by atoms with E-state index in [9.17, 15) is 4.39 Å². The van der Waals surface area contributed by atoms with E-state index in [1.54, 1.807) is 23.5 Å². The zero-order valence-electron chi connectivity index (χ0n) is 8.81. The average molecular weight is 443 g/mol. The van der Waals surface area contributed by atoms with Gasteiger partial charge in [-0.25, -0.2) is 4.39 Å². The lowest BCUT2D eigenvalue weighted by Gasteiger charge is -2.08. The predicted molar refractivity (Wildman–Crippen MR) is 81.6 cm³/mol. The van der Waals surface area contributed by atoms with E-state index < -0.39 is 0 Å². The van der Waals surface area contributed by atoms with Gasteiger partial charge in [0.15, 0.2) is 0 Å². The van der Waals surface area contributed by atoms with Crippen LogP contribution in [-0.2, 0) is 0 Å². The van der Waals surface area contributed by atoms with Crippen LogP contribution in [0, 0.1) is 12.7 Å². The summed E-state index contributed by atoms with van der Waals surface area (Å²) in [5.74, 6) is -0.237. The van der Waals surface area contributed by atoms with Crippen molar-refractivity contribution in [2.45, 2.75) is 11.8 Å². The summed E-state index contributed by atoms with van der Waals surface area (Å²) in [7, 11) is 0. The molecular formula is C12H8Br3FS. The molecule has 90 valence electrons. The highest BCUT2D eigenvalue weighted by Crippen LogP contribution is 2.39. The Bertz CT molecular complexity index is 531. The first-order valence-corrected chi connectivity index (χ1v) is 8.15. The van der Waals surface area contributed by atoms with E-state index in [0.29, 0.717) is 4.47 Å². The van der Waals surface area contributed by atoms with E-state index >= 15 is 0 Å². The summed E-state index contributed by atoms with van der Waals surface area (Å²) >= 11 is 12.0. The van der Waals surface area contributed by atoms with E-state index in [1.165, 1.54) is 4.88 Å². The monoisotopic (exact) mass is 440 g/mol. The molecular weight excluding hydrogens is 435 g/mol. The topological polar surface area (TPSA) is 0 Å². The van der Waals surface area contributed by atoms with Gasteiger partial charge in [0, 0.05) is 14.2 Å². The standard InChI is InChI=1S/C12H8Br3FS/c1-6-9(14)5-11(17-6)12(15)7-2-3-8(13)10(16)4-7/h2-5,12H,1H3. The fourth-order valence-corrected chi connectivity index (χ4v) is 3.95. The zero-order valence-corrected chi connectivity index (χ0v) is 14.4. The van der Waals surface area contributed by atoms with Gasteiger partial charge in [-0.15, -0.1) is 11.3 Å². The fraction of sp³-hybridized carbons (Fsp3) is 0.167. The third-order valence-electron chi connectivity index (χ3n) is 2.36. The molecule has 0 aliphatic heterocycles. The fourth-order valence-electron chi connectivity index (χ4n) is 1.44. The summed E-state index contributed by atoms with van der Waals surface area (Å²) in [6, 6.07) is 7.26. The number of aryl methyl sites for hydroxylation is 1. The highest BCUT2D eigenvalue weighted by Gasteiger charge is 2.15. The van der Waals surface area contributed by atoms with Gasteiger partial charge in [-0.2, -0.15) is 0 Å². The van der Waals surface area contributed by atoms with Crippen molar-refractivity contribution >= 4 is 59.1 Å². The SMILES string of the molecule is Cc1sc(C(Br)c2ccc(Br)c(F)c2)cc1Br. The van der Waals surface area contributed by atoms with Gasteiger partial charge >= 0.3 is 0 Å². The third-order valence-corrected chi connectivity index (χ3v) is 6.53. The molecule has 0 fully saturated rings. The molecule has 1 aromatic heterocycles. The van der Waals surface area contributed by atoms with Crippen LogP contribution in [0.15, 0.2) is 33.2 Å².